The fraction of sp³-hybridized carbons (Fsp3) is 0.0526. The van der Waals surface area contributed by atoms with Crippen LogP contribution in [0.2, 0.25) is 0 Å². The second-order valence-electron chi connectivity index (χ2n) is 16.3. The molecule has 1 aromatic heterocycles. The summed E-state index contributed by atoms with van der Waals surface area (Å²) in [7, 11) is 0. The van der Waals surface area contributed by atoms with Crippen LogP contribution in [-0.4, -0.2) is 4.57 Å². The molecular weight excluding hydrogens is 699 g/mol. The Morgan fingerprint density at radius 1 is 0.362 bits per heavy atom. The molecule has 3 aliphatic carbocycles. The van der Waals surface area contributed by atoms with E-state index < -0.39 is 0 Å². The maximum atomic E-state index is 2.50. The number of benzene rings is 9. The van der Waals surface area contributed by atoms with Crippen LogP contribution in [0.15, 0.2) is 182 Å². The molecule has 0 saturated heterocycles. The zero-order valence-electron chi connectivity index (χ0n) is 32.0. The molecule has 58 heavy (non-hydrogen) atoms. The predicted octanol–water partition coefficient (Wildman–Crippen LogP) is 14.7. The Balaban J connectivity index is 0.912. The van der Waals surface area contributed by atoms with Gasteiger partial charge in [-0.25, -0.2) is 0 Å². The summed E-state index contributed by atoms with van der Waals surface area (Å²) < 4.78 is 2.50. The Kier molecular flexibility index (Phi) is 6.68. The summed E-state index contributed by atoms with van der Waals surface area (Å²) in [5.41, 5.74) is 21.5. The average Bonchev–Trinajstić information content (AvgIpc) is 3.87. The molecule has 0 N–H and O–H groups in total. The van der Waals surface area contributed by atoms with Crippen LogP contribution < -0.4 is 0 Å². The molecule has 0 spiro atoms. The summed E-state index contributed by atoms with van der Waals surface area (Å²) in [4.78, 5) is 0. The van der Waals surface area contributed by atoms with Crippen molar-refractivity contribution in [3.8, 4) is 50.2 Å². The number of nitrogens with zero attached hydrogens (tertiary/aromatic N) is 1. The summed E-state index contributed by atoms with van der Waals surface area (Å²) in [5.74, 6) is 0. The zero-order valence-corrected chi connectivity index (χ0v) is 32.0. The second-order valence-corrected chi connectivity index (χ2v) is 16.3. The van der Waals surface area contributed by atoms with Crippen molar-refractivity contribution in [3.63, 3.8) is 0 Å². The lowest BCUT2D eigenvalue weighted by Crippen LogP contribution is -1.98. The van der Waals surface area contributed by atoms with Crippen molar-refractivity contribution in [2.24, 2.45) is 0 Å². The number of rotatable bonds is 3. The van der Waals surface area contributed by atoms with E-state index in [2.05, 4.69) is 193 Å². The molecule has 1 heteroatoms. The van der Waals surface area contributed by atoms with Crippen molar-refractivity contribution in [1.82, 2.24) is 4.57 Å². The minimum absolute atomic E-state index is 0.900. The van der Waals surface area contributed by atoms with Crippen molar-refractivity contribution in [2.45, 2.75) is 19.3 Å². The number of fused-ring (bicyclic) bond motifs is 15. The highest BCUT2D eigenvalue weighted by molar-refractivity contribution is 6.25. The van der Waals surface area contributed by atoms with Gasteiger partial charge in [0.1, 0.15) is 0 Å². The van der Waals surface area contributed by atoms with Crippen molar-refractivity contribution in [2.75, 3.05) is 0 Å². The third-order valence-electron chi connectivity index (χ3n) is 13.3. The van der Waals surface area contributed by atoms with Crippen LogP contribution in [0, 0.1) is 0 Å². The third-order valence-corrected chi connectivity index (χ3v) is 13.3. The highest BCUT2D eigenvalue weighted by Crippen LogP contribution is 2.46. The van der Waals surface area contributed by atoms with Gasteiger partial charge in [0.15, 0.2) is 0 Å². The first kappa shape index (κ1) is 31.9. The highest BCUT2D eigenvalue weighted by atomic mass is 15.0. The van der Waals surface area contributed by atoms with E-state index >= 15 is 0 Å². The lowest BCUT2D eigenvalue weighted by Gasteiger charge is -2.13. The molecule has 0 amide bonds. The van der Waals surface area contributed by atoms with Gasteiger partial charge in [0.2, 0.25) is 0 Å². The smallest absolute Gasteiger partial charge is 0.0538 e. The van der Waals surface area contributed by atoms with Gasteiger partial charge in [-0.3, -0.25) is 0 Å². The van der Waals surface area contributed by atoms with E-state index in [-0.39, 0.29) is 0 Å². The number of aromatic nitrogens is 1. The predicted molar refractivity (Wildman–Crippen MR) is 245 cm³/mol. The minimum Gasteiger partial charge on any atom is -0.310 e. The van der Waals surface area contributed by atoms with Gasteiger partial charge in [-0.2, -0.15) is 0 Å². The Hall–Kier alpha value is -7.22. The summed E-state index contributed by atoms with van der Waals surface area (Å²) in [6, 6.07) is 61.9. The van der Waals surface area contributed by atoms with E-state index in [1.54, 1.807) is 0 Å². The van der Waals surface area contributed by atoms with Crippen LogP contribution in [0.25, 0.3) is 99.5 Å². The molecule has 0 radical (unpaired) electrons. The van der Waals surface area contributed by atoms with Gasteiger partial charge in [-0.15, -0.1) is 0 Å². The van der Waals surface area contributed by atoms with E-state index in [0.717, 1.165) is 19.3 Å². The summed E-state index contributed by atoms with van der Waals surface area (Å²) in [5, 5.41) is 9.16. The van der Waals surface area contributed by atoms with Gasteiger partial charge in [0.25, 0.3) is 0 Å². The Morgan fingerprint density at radius 2 is 1.02 bits per heavy atom. The van der Waals surface area contributed by atoms with Gasteiger partial charge in [-0.05, 0) is 166 Å². The molecule has 270 valence electrons. The van der Waals surface area contributed by atoms with Gasteiger partial charge in [0.05, 0.1) is 11.2 Å². The van der Waals surface area contributed by atoms with Crippen LogP contribution in [0.1, 0.15) is 33.5 Å². The van der Waals surface area contributed by atoms with Crippen molar-refractivity contribution >= 4 is 49.3 Å². The van der Waals surface area contributed by atoms with E-state index in [1.165, 1.54) is 127 Å². The summed E-state index contributed by atoms with van der Waals surface area (Å²) in [6.07, 6.45) is 11.8. The first-order valence-electron chi connectivity index (χ1n) is 20.6. The molecule has 10 aromatic rings. The fourth-order valence-electron chi connectivity index (χ4n) is 10.6. The Labute approximate surface area is 337 Å². The van der Waals surface area contributed by atoms with Gasteiger partial charge < -0.3 is 4.57 Å². The maximum Gasteiger partial charge on any atom is 0.0538 e. The SMILES string of the molecule is C1=CCc2c(n(-c3ccc4c(c3)Cc3ccc(-c5cccc6c5Cc5ccccc5-6)cc3-4)c3ccc(-c4ccc5c6ccccc6c6ccccc6c5c4)cc23)C=C1. The molecule has 0 saturated carbocycles. The maximum absolute atomic E-state index is 2.50. The topological polar surface area (TPSA) is 4.93 Å². The van der Waals surface area contributed by atoms with Gasteiger partial charge in [-0.1, -0.05) is 146 Å². The molecule has 0 unspecified atom stereocenters. The summed E-state index contributed by atoms with van der Waals surface area (Å²) >= 11 is 0. The van der Waals surface area contributed by atoms with Gasteiger partial charge >= 0.3 is 0 Å². The molecule has 0 aliphatic heterocycles. The van der Waals surface area contributed by atoms with Crippen LogP contribution in [0.4, 0.5) is 0 Å². The molecule has 1 nitrogen and oxygen atoms in total. The minimum atomic E-state index is 0.900. The van der Waals surface area contributed by atoms with E-state index in [0.29, 0.717) is 0 Å². The molecule has 13 rings (SSSR count). The lowest BCUT2D eigenvalue weighted by atomic mass is 9.92. The van der Waals surface area contributed by atoms with Crippen LogP contribution in [0.5, 0.6) is 0 Å². The zero-order chi connectivity index (χ0) is 37.9. The summed E-state index contributed by atoms with van der Waals surface area (Å²) in [6.45, 7) is 0. The number of allylic oxidation sites excluding steroid dienone is 3. The normalized spacial score (nSPS) is 13.5. The van der Waals surface area contributed by atoms with Crippen molar-refractivity contribution in [3.05, 3.63) is 216 Å². The first-order valence-corrected chi connectivity index (χ1v) is 20.6. The molecule has 0 bridgehead atoms. The lowest BCUT2D eigenvalue weighted by molar-refractivity contribution is 1.08. The van der Waals surface area contributed by atoms with E-state index in [9.17, 15) is 0 Å². The van der Waals surface area contributed by atoms with Crippen LogP contribution in [0.3, 0.4) is 0 Å². The van der Waals surface area contributed by atoms with E-state index in [1.807, 2.05) is 0 Å². The Morgan fingerprint density at radius 3 is 1.86 bits per heavy atom. The average molecular weight is 736 g/mol. The van der Waals surface area contributed by atoms with Crippen molar-refractivity contribution < 1.29 is 0 Å². The molecule has 0 fully saturated rings. The monoisotopic (exact) mass is 735 g/mol. The molecule has 3 aliphatic rings. The number of hydrogen-bond donors (Lipinski definition) is 0. The molecule has 1 heterocycles. The molecule has 0 atom stereocenters. The highest BCUT2D eigenvalue weighted by Gasteiger charge is 2.25. The first-order chi connectivity index (χ1) is 28.7. The van der Waals surface area contributed by atoms with Crippen LogP contribution >= 0.6 is 0 Å². The van der Waals surface area contributed by atoms with Crippen molar-refractivity contribution in [1.29, 1.82) is 0 Å². The van der Waals surface area contributed by atoms with E-state index in [4.69, 9.17) is 0 Å². The third kappa shape index (κ3) is 4.59. The molecular formula is C57H37N. The standard InChI is InChI=1S/C57H37N/c1-2-17-51-55-32-36(35-23-26-50-48-15-7-6-13-46(48)47-14-8-9-16-49(47)54(50)31-35)24-28-57(55)58(56(51)20-3-1)41-25-27-44-40(30-41)29-38-21-22-39(33-52(38)44)43-18-10-19-45-42-12-5-4-11-37(42)34-53(43)45/h1-16,18-28,30-33H,17,29,34H2. The second kappa shape index (κ2) is 12.1. The molecule has 9 aromatic carbocycles. The van der Waals surface area contributed by atoms with Gasteiger partial charge in [0, 0.05) is 11.1 Å². The number of hydrogen-bond acceptors (Lipinski definition) is 0. The Bertz CT molecular complexity index is 3440. The fourth-order valence-corrected chi connectivity index (χ4v) is 10.6. The quantitative estimate of drug-likeness (QED) is 0.159. The van der Waals surface area contributed by atoms with Crippen LogP contribution in [-0.2, 0) is 19.3 Å². The largest absolute Gasteiger partial charge is 0.310 e.